The molecule has 9 nitrogen and oxygen atoms in total. The molecule has 0 spiro atoms. The summed E-state index contributed by atoms with van der Waals surface area (Å²) in [6.45, 7) is 6.84. The zero-order valence-electron chi connectivity index (χ0n) is 26.3. The summed E-state index contributed by atoms with van der Waals surface area (Å²) in [5, 5.41) is 20.2. The van der Waals surface area contributed by atoms with Crippen LogP contribution in [0.3, 0.4) is 0 Å². The number of benzene rings is 4. The number of methoxy groups -OCH3 is 1. The summed E-state index contributed by atoms with van der Waals surface area (Å²) in [5.41, 5.74) is 3.38. The number of unbranched alkanes of at least 4 members (excludes halogenated alkanes) is 3. The molecule has 46 heavy (non-hydrogen) atoms. The van der Waals surface area contributed by atoms with Gasteiger partial charge in [-0.25, -0.2) is 9.68 Å². The Hall–Kier alpha value is -4.99. The Morgan fingerprint density at radius 2 is 1.43 bits per heavy atom. The number of rotatable bonds is 18. The lowest BCUT2D eigenvalue weighted by molar-refractivity contribution is -0.270. The normalized spacial score (nSPS) is 12.0. The predicted octanol–water partition coefficient (Wildman–Crippen LogP) is 7.95. The van der Waals surface area contributed by atoms with E-state index in [0.717, 1.165) is 64.5 Å². The molecule has 9 heteroatoms. The van der Waals surface area contributed by atoms with Crippen molar-refractivity contribution in [2.24, 2.45) is 10.2 Å². The van der Waals surface area contributed by atoms with Crippen molar-refractivity contribution >= 4 is 29.2 Å². The standard InChI is InChI=1S/C37H40N2O7/c1-4-36(40)45-21-9-7-6-8-20-44-33-17-15-29(16-18-33)37(46-41)32-14-13-30-22-27(10-12-31(30)24-32)25-38-39-26-28-11-19-34(42-3)35(23-28)43-5-2/h4,10-19,22-26,37,41H,1,5-9,20-21H2,2-3H3/b38-25+,39-26+. The van der Waals surface area contributed by atoms with Gasteiger partial charge in [-0.15, -0.1) is 0 Å². The molecule has 0 aliphatic carbocycles. The number of hydrogen-bond donors (Lipinski definition) is 1. The molecular formula is C37H40N2O7. The zero-order chi connectivity index (χ0) is 32.6. The highest BCUT2D eigenvalue weighted by Gasteiger charge is 2.16. The first-order chi connectivity index (χ1) is 22.5. The molecule has 240 valence electrons. The lowest BCUT2D eigenvalue weighted by Gasteiger charge is -2.16. The molecule has 1 N–H and O–H groups in total. The van der Waals surface area contributed by atoms with E-state index in [2.05, 4.69) is 16.8 Å². The highest BCUT2D eigenvalue weighted by atomic mass is 17.1. The highest BCUT2D eigenvalue weighted by Crippen LogP contribution is 2.30. The third-order valence-electron chi connectivity index (χ3n) is 7.17. The van der Waals surface area contributed by atoms with Crippen molar-refractivity contribution in [2.45, 2.75) is 38.7 Å². The lowest BCUT2D eigenvalue weighted by atomic mass is 9.97. The topological polar surface area (TPSA) is 108 Å². The van der Waals surface area contributed by atoms with Gasteiger partial charge in [-0.05, 0) is 108 Å². The molecule has 4 rings (SSSR count). The summed E-state index contributed by atoms with van der Waals surface area (Å²) >= 11 is 0. The van der Waals surface area contributed by atoms with Crippen molar-refractivity contribution in [3.63, 3.8) is 0 Å². The third-order valence-corrected chi connectivity index (χ3v) is 7.17. The summed E-state index contributed by atoms with van der Waals surface area (Å²) in [5.74, 6) is 1.69. The van der Waals surface area contributed by atoms with Crippen molar-refractivity contribution in [1.29, 1.82) is 0 Å². The number of esters is 1. The Kier molecular flexibility index (Phi) is 13.3. The maximum Gasteiger partial charge on any atom is 0.330 e. The molecule has 0 saturated carbocycles. The second-order valence-corrected chi connectivity index (χ2v) is 10.4. The van der Waals surface area contributed by atoms with Crippen LogP contribution in [0.1, 0.15) is 61.0 Å². The second-order valence-electron chi connectivity index (χ2n) is 10.4. The van der Waals surface area contributed by atoms with Crippen LogP contribution in [0.5, 0.6) is 17.2 Å². The molecule has 0 aliphatic rings. The molecule has 0 aliphatic heterocycles. The number of carbonyl (C=O) groups is 1. The molecule has 0 radical (unpaired) electrons. The quantitative estimate of drug-likeness (QED) is 0.0299. The molecular weight excluding hydrogens is 584 g/mol. The largest absolute Gasteiger partial charge is 0.494 e. The lowest BCUT2D eigenvalue weighted by Crippen LogP contribution is -2.04. The highest BCUT2D eigenvalue weighted by molar-refractivity contribution is 5.91. The molecule has 1 atom stereocenters. The van der Waals surface area contributed by atoms with Gasteiger partial charge in [-0.3, -0.25) is 5.26 Å². The number of ether oxygens (including phenoxy) is 4. The maximum atomic E-state index is 11.0. The van der Waals surface area contributed by atoms with Crippen LogP contribution in [-0.2, 0) is 14.4 Å². The summed E-state index contributed by atoms with van der Waals surface area (Å²) < 4.78 is 21.8. The fourth-order valence-electron chi connectivity index (χ4n) is 4.80. The maximum absolute atomic E-state index is 11.0. The number of carbonyl (C=O) groups excluding carboxylic acids is 1. The van der Waals surface area contributed by atoms with Gasteiger partial charge >= 0.3 is 5.97 Å². The van der Waals surface area contributed by atoms with Crippen LogP contribution in [0.2, 0.25) is 0 Å². The Morgan fingerprint density at radius 1 is 0.783 bits per heavy atom. The predicted molar refractivity (Wildman–Crippen MR) is 180 cm³/mol. The van der Waals surface area contributed by atoms with E-state index in [1.807, 2.05) is 85.8 Å². The van der Waals surface area contributed by atoms with E-state index < -0.39 is 6.10 Å². The minimum atomic E-state index is -0.648. The first-order valence-electron chi connectivity index (χ1n) is 15.3. The molecule has 4 aromatic rings. The van der Waals surface area contributed by atoms with E-state index in [0.29, 0.717) is 31.3 Å². The van der Waals surface area contributed by atoms with Gasteiger partial charge in [-0.2, -0.15) is 10.2 Å². The molecule has 0 heterocycles. The van der Waals surface area contributed by atoms with Crippen LogP contribution in [0, 0.1) is 0 Å². The Labute approximate surface area is 269 Å². The van der Waals surface area contributed by atoms with Gasteiger partial charge in [0.25, 0.3) is 0 Å². The average Bonchev–Trinajstić information content (AvgIpc) is 3.09. The number of nitrogens with zero attached hydrogens (tertiary/aromatic N) is 2. The molecule has 0 fully saturated rings. The van der Waals surface area contributed by atoms with Gasteiger partial charge in [-0.1, -0.05) is 43.0 Å². The van der Waals surface area contributed by atoms with Crippen LogP contribution in [0.25, 0.3) is 10.8 Å². The average molecular weight is 625 g/mol. The van der Waals surface area contributed by atoms with Crippen molar-refractivity contribution in [3.05, 3.63) is 114 Å². The summed E-state index contributed by atoms with van der Waals surface area (Å²) in [6.07, 6.45) is 7.54. The summed E-state index contributed by atoms with van der Waals surface area (Å²) in [4.78, 5) is 15.9. The number of fused-ring (bicyclic) bond motifs is 1. The van der Waals surface area contributed by atoms with Crippen LogP contribution in [0.4, 0.5) is 0 Å². The minimum Gasteiger partial charge on any atom is -0.494 e. The second kappa shape index (κ2) is 18.1. The molecule has 4 aromatic carbocycles. The Morgan fingerprint density at radius 3 is 2.13 bits per heavy atom. The van der Waals surface area contributed by atoms with Crippen molar-refractivity contribution in [1.82, 2.24) is 0 Å². The van der Waals surface area contributed by atoms with Gasteiger partial charge in [0, 0.05) is 6.08 Å². The van der Waals surface area contributed by atoms with Crippen LogP contribution in [-0.4, -0.2) is 50.6 Å². The smallest absolute Gasteiger partial charge is 0.330 e. The molecule has 0 aromatic heterocycles. The SMILES string of the molecule is C=CC(=O)OCCCCCCOc1ccc(C(OO)c2ccc3cc(/C=N/N=C/c4ccc(OC)c(OCC)c4)ccc3c2)cc1. The van der Waals surface area contributed by atoms with Gasteiger partial charge in [0.1, 0.15) is 11.9 Å². The molecule has 0 saturated heterocycles. The van der Waals surface area contributed by atoms with Crippen molar-refractivity contribution < 1.29 is 33.9 Å². The molecule has 1 unspecified atom stereocenters. The van der Waals surface area contributed by atoms with Gasteiger partial charge in [0.2, 0.25) is 0 Å². The van der Waals surface area contributed by atoms with E-state index in [4.69, 9.17) is 23.8 Å². The van der Waals surface area contributed by atoms with E-state index >= 15 is 0 Å². The van der Waals surface area contributed by atoms with E-state index in [1.165, 1.54) is 6.08 Å². The van der Waals surface area contributed by atoms with Crippen LogP contribution in [0.15, 0.2) is 102 Å². The molecule has 0 amide bonds. The first kappa shape index (κ1) is 33.9. The fourth-order valence-corrected chi connectivity index (χ4v) is 4.80. The zero-order valence-corrected chi connectivity index (χ0v) is 26.3. The minimum absolute atomic E-state index is 0.386. The fraction of sp³-hybridized carbons (Fsp3) is 0.270. The monoisotopic (exact) mass is 624 g/mol. The van der Waals surface area contributed by atoms with Gasteiger partial charge in [0.05, 0.1) is 39.4 Å². The van der Waals surface area contributed by atoms with E-state index in [1.54, 1.807) is 19.5 Å². The van der Waals surface area contributed by atoms with Crippen molar-refractivity contribution in [3.8, 4) is 17.2 Å². The van der Waals surface area contributed by atoms with Crippen LogP contribution < -0.4 is 14.2 Å². The Balaban J connectivity index is 1.30. The Bertz CT molecular complexity index is 1630. The van der Waals surface area contributed by atoms with Crippen molar-refractivity contribution in [2.75, 3.05) is 26.9 Å². The van der Waals surface area contributed by atoms with E-state index in [9.17, 15) is 10.1 Å². The van der Waals surface area contributed by atoms with Gasteiger partial charge in [0.15, 0.2) is 11.5 Å². The third kappa shape index (κ3) is 10.0. The first-order valence-corrected chi connectivity index (χ1v) is 15.3. The van der Waals surface area contributed by atoms with E-state index in [-0.39, 0.29) is 5.97 Å². The summed E-state index contributed by atoms with van der Waals surface area (Å²) in [6, 6.07) is 25.0. The summed E-state index contributed by atoms with van der Waals surface area (Å²) in [7, 11) is 1.61. The van der Waals surface area contributed by atoms with Crippen LogP contribution >= 0.6 is 0 Å². The van der Waals surface area contributed by atoms with Gasteiger partial charge < -0.3 is 18.9 Å². The number of hydrogen-bond acceptors (Lipinski definition) is 9. The molecule has 0 bridgehead atoms.